The van der Waals surface area contributed by atoms with Crippen molar-refractivity contribution >= 4 is 45.2 Å². The van der Waals surface area contributed by atoms with E-state index in [1.807, 2.05) is 54.6 Å². The van der Waals surface area contributed by atoms with Crippen molar-refractivity contribution < 1.29 is 9.53 Å². The molecule has 25 heavy (non-hydrogen) atoms. The molecule has 0 N–H and O–H groups in total. The largest absolute Gasteiger partial charge is 0.488 e. The molecule has 0 spiro atoms. The van der Waals surface area contributed by atoms with Crippen LogP contribution >= 0.6 is 28.1 Å². The Morgan fingerprint density at radius 2 is 1.76 bits per heavy atom. The maximum atomic E-state index is 12.3. The van der Waals surface area contributed by atoms with Gasteiger partial charge in [0.05, 0.1) is 0 Å². The molecule has 1 heterocycles. The second kappa shape index (κ2) is 7.37. The SMILES string of the molecule is CN1C(=O)C(=Cc2ccccc2OCc2ccc(Br)cc2)N(C)C1=S. The fraction of sp³-hybridized carbons (Fsp3) is 0.158. The second-order valence-electron chi connectivity index (χ2n) is 5.69. The molecule has 2 aromatic rings. The van der Waals surface area contributed by atoms with Crippen molar-refractivity contribution in [2.45, 2.75) is 6.61 Å². The average Bonchev–Trinajstić information content (AvgIpc) is 2.80. The zero-order valence-electron chi connectivity index (χ0n) is 13.9. The summed E-state index contributed by atoms with van der Waals surface area (Å²) in [7, 11) is 3.47. The van der Waals surface area contributed by atoms with E-state index in [1.165, 1.54) is 4.90 Å². The van der Waals surface area contributed by atoms with Crippen LogP contribution in [0.3, 0.4) is 0 Å². The first kappa shape index (κ1) is 17.6. The van der Waals surface area contributed by atoms with Crippen molar-refractivity contribution in [3.8, 4) is 5.75 Å². The molecule has 1 aliphatic rings. The van der Waals surface area contributed by atoms with Gasteiger partial charge >= 0.3 is 0 Å². The van der Waals surface area contributed by atoms with Crippen molar-refractivity contribution in [2.75, 3.05) is 14.1 Å². The molecule has 1 aliphatic heterocycles. The number of carbonyl (C=O) groups is 1. The van der Waals surface area contributed by atoms with E-state index in [2.05, 4.69) is 15.9 Å². The predicted molar refractivity (Wildman–Crippen MR) is 106 cm³/mol. The Bertz CT molecular complexity index is 849. The lowest BCUT2D eigenvalue weighted by Crippen LogP contribution is -2.26. The molecule has 0 atom stereocenters. The first-order valence-corrected chi connectivity index (χ1v) is 8.91. The first-order valence-electron chi connectivity index (χ1n) is 7.71. The van der Waals surface area contributed by atoms with Crippen molar-refractivity contribution in [2.24, 2.45) is 0 Å². The maximum absolute atomic E-state index is 12.3. The maximum Gasteiger partial charge on any atom is 0.276 e. The lowest BCUT2D eigenvalue weighted by Gasteiger charge is -2.12. The number of ether oxygens (including phenoxy) is 1. The summed E-state index contributed by atoms with van der Waals surface area (Å²) in [5, 5.41) is 0.490. The van der Waals surface area contributed by atoms with Crippen LogP contribution in [0, 0.1) is 0 Å². The van der Waals surface area contributed by atoms with Crippen LogP contribution in [0.15, 0.2) is 58.7 Å². The van der Waals surface area contributed by atoms with E-state index in [1.54, 1.807) is 19.0 Å². The van der Waals surface area contributed by atoms with Gasteiger partial charge < -0.3 is 9.64 Å². The Kier molecular flexibility index (Phi) is 5.20. The zero-order valence-corrected chi connectivity index (χ0v) is 16.3. The van der Waals surface area contributed by atoms with Gasteiger partial charge in [-0.3, -0.25) is 9.69 Å². The third-order valence-corrected chi connectivity index (χ3v) is 5.05. The Hall–Kier alpha value is -2.18. The number of rotatable bonds is 4. The van der Waals surface area contributed by atoms with E-state index in [0.29, 0.717) is 17.4 Å². The molecule has 0 aliphatic carbocycles. The van der Waals surface area contributed by atoms with Crippen molar-refractivity contribution in [3.63, 3.8) is 0 Å². The molecule has 2 aromatic carbocycles. The summed E-state index contributed by atoms with van der Waals surface area (Å²) in [6.07, 6.45) is 1.81. The fourth-order valence-electron chi connectivity index (χ4n) is 2.51. The minimum absolute atomic E-state index is 0.116. The monoisotopic (exact) mass is 416 g/mol. The summed E-state index contributed by atoms with van der Waals surface area (Å²) in [5.41, 5.74) is 2.45. The van der Waals surface area contributed by atoms with E-state index in [9.17, 15) is 4.79 Å². The minimum atomic E-state index is -0.116. The molecule has 1 amide bonds. The van der Waals surface area contributed by atoms with Gasteiger partial charge in [0.2, 0.25) is 0 Å². The molecule has 0 radical (unpaired) electrons. The smallest absolute Gasteiger partial charge is 0.276 e. The summed E-state index contributed by atoms with van der Waals surface area (Å²) in [6, 6.07) is 15.6. The molecule has 1 saturated heterocycles. The Morgan fingerprint density at radius 3 is 2.40 bits per heavy atom. The van der Waals surface area contributed by atoms with Gasteiger partial charge in [0, 0.05) is 24.1 Å². The van der Waals surface area contributed by atoms with Crippen LogP contribution in [0.2, 0.25) is 0 Å². The number of thiocarbonyl (C=S) groups is 1. The lowest BCUT2D eigenvalue weighted by atomic mass is 10.1. The summed E-state index contributed by atoms with van der Waals surface area (Å²) >= 11 is 8.67. The Morgan fingerprint density at radius 1 is 1.08 bits per heavy atom. The fourth-order valence-corrected chi connectivity index (χ4v) is 2.95. The Labute approximate surface area is 160 Å². The van der Waals surface area contributed by atoms with Gasteiger partial charge in [0.15, 0.2) is 5.11 Å². The Balaban J connectivity index is 1.84. The van der Waals surface area contributed by atoms with Crippen molar-refractivity contribution in [1.82, 2.24) is 9.80 Å². The van der Waals surface area contributed by atoms with Crippen molar-refractivity contribution in [1.29, 1.82) is 0 Å². The first-order chi connectivity index (χ1) is 12.0. The van der Waals surface area contributed by atoms with Gasteiger partial charge in [-0.1, -0.05) is 46.3 Å². The van der Waals surface area contributed by atoms with E-state index in [0.717, 1.165) is 21.3 Å². The molecule has 6 heteroatoms. The molecule has 128 valence electrons. The van der Waals surface area contributed by atoms with E-state index in [-0.39, 0.29) is 5.91 Å². The average molecular weight is 417 g/mol. The highest BCUT2D eigenvalue weighted by Crippen LogP contribution is 2.26. The summed E-state index contributed by atoms with van der Waals surface area (Å²) in [5.74, 6) is 0.606. The highest BCUT2D eigenvalue weighted by molar-refractivity contribution is 9.10. The van der Waals surface area contributed by atoms with Crippen LogP contribution in [-0.2, 0) is 11.4 Å². The van der Waals surface area contributed by atoms with Crippen LogP contribution in [0.1, 0.15) is 11.1 Å². The lowest BCUT2D eigenvalue weighted by molar-refractivity contribution is -0.121. The third kappa shape index (κ3) is 3.75. The highest BCUT2D eigenvalue weighted by atomic mass is 79.9. The summed E-state index contributed by atoms with van der Waals surface area (Å²) in [6.45, 7) is 0.454. The van der Waals surface area contributed by atoms with E-state index < -0.39 is 0 Å². The third-order valence-electron chi connectivity index (χ3n) is 3.98. The molecular weight excluding hydrogens is 400 g/mol. The quantitative estimate of drug-likeness (QED) is 0.555. The van der Waals surface area contributed by atoms with Crippen LogP contribution in [0.25, 0.3) is 6.08 Å². The molecule has 4 nitrogen and oxygen atoms in total. The summed E-state index contributed by atoms with van der Waals surface area (Å²) < 4.78 is 6.99. The van der Waals surface area contributed by atoms with Gasteiger partial charge in [-0.15, -0.1) is 0 Å². The van der Waals surface area contributed by atoms with Gasteiger partial charge in [0.1, 0.15) is 18.1 Å². The second-order valence-corrected chi connectivity index (χ2v) is 6.97. The molecular formula is C19H17BrN2O2S. The molecule has 1 fully saturated rings. The van der Waals surface area contributed by atoms with Crippen LogP contribution in [-0.4, -0.2) is 34.9 Å². The normalized spacial score (nSPS) is 16.0. The number of hydrogen-bond donors (Lipinski definition) is 0. The zero-order chi connectivity index (χ0) is 18.0. The van der Waals surface area contributed by atoms with Crippen LogP contribution in [0.4, 0.5) is 0 Å². The number of nitrogens with zero attached hydrogens (tertiary/aromatic N) is 2. The van der Waals surface area contributed by atoms with E-state index in [4.69, 9.17) is 17.0 Å². The number of carbonyl (C=O) groups excluding carboxylic acids is 1. The highest BCUT2D eigenvalue weighted by Gasteiger charge is 2.32. The molecule has 0 bridgehead atoms. The molecule has 3 rings (SSSR count). The molecule has 0 saturated carbocycles. The number of likely N-dealkylation sites (N-methyl/N-ethyl adjacent to an activating group) is 2. The van der Waals surface area contributed by atoms with Gasteiger partial charge in [0.25, 0.3) is 5.91 Å². The van der Waals surface area contributed by atoms with Crippen molar-refractivity contribution in [3.05, 3.63) is 69.8 Å². The van der Waals surface area contributed by atoms with Gasteiger partial charge in [-0.05, 0) is 42.1 Å². The number of benzene rings is 2. The predicted octanol–water partition coefficient (Wildman–Crippen LogP) is 4.06. The van der Waals surface area contributed by atoms with Gasteiger partial charge in [-0.2, -0.15) is 0 Å². The number of halogens is 1. The van der Waals surface area contributed by atoms with E-state index >= 15 is 0 Å². The number of amides is 1. The number of hydrogen-bond acceptors (Lipinski definition) is 3. The standard InChI is InChI=1S/C19H17BrN2O2S/c1-21-16(18(23)22(2)19(21)25)11-14-5-3-4-6-17(14)24-12-13-7-9-15(20)10-8-13/h3-11H,12H2,1-2H3. The summed E-state index contributed by atoms with van der Waals surface area (Å²) in [4.78, 5) is 15.5. The molecule has 0 unspecified atom stereocenters. The minimum Gasteiger partial charge on any atom is -0.488 e. The van der Waals surface area contributed by atoms with Crippen LogP contribution < -0.4 is 4.74 Å². The number of para-hydroxylation sites is 1. The van der Waals surface area contributed by atoms with Gasteiger partial charge in [-0.25, -0.2) is 0 Å². The van der Waals surface area contributed by atoms with Crippen LogP contribution in [0.5, 0.6) is 5.75 Å². The topological polar surface area (TPSA) is 32.8 Å². The molecule has 0 aromatic heterocycles.